The maximum Gasteiger partial charge on any atom is 0.0924 e. The molecule has 0 aromatic carbocycles. The first kappa shape index (κ1) is 10.4. The summed E-state index contributed by atoms with van der Waals surface area (Å²) in [7, 11) is 0. The van der Waals surface area contributed by atoms with Gasteiger partial charge in [0.15, 0.2) is 0 Å². The highest BCUT2D eigenvalue weighted by Gasteiger charge is 2.45. The lowest BCUT2D eigenvalue weighted by Crippen LogP contribution is -2.60. The minimum absolute atomic E-state index is 0.300. The molecule has 3 N–H and O–H groups in total. The van der Waals surface area contributed by atoms with Gasteiger partial charge < -0.3 is 10.8 Å². The van der Waals surface area contributed by atoms with Gasteiger partial charge in [0.1, 0.15) is 0 Å². The second-order valence-corrected chi connectivity index (χ2v) is 4.80. The highest BCUT2D eigenvalue weighted by Crippen LogP contribution is 2.37. The van der Waals surface area contributed by atoms with Crippen molar-refractivity contribution in [3.8, 4) is 0 Å². The van der Waals surface area contributed by atoms with E-state index in [-0.39, 0.29) is 0 Å². The first-order valence-corrected chi connectivity index (χ1v) is 5.89. The minimum Gasteiger partial charge on any atom is -0.387 e. The van der Waals surface area contributed by atoms with Gasteiger partial charge in [0.05, 0.1) is 5.60 Å². The zero-order valence-electron chi connectivity index (χ0n) is 9.08. The fourth-order valence-electron chi connectivity index (χ4n) is 2.89. The molecule has 0 spiro atoms. The summed E-state index contributed by atoms with van der Waals surface area (Å²) in [5, 5.41) is 10.4. The van der Waals surface area contributed by atoms with Gasteiger partial charge in [-0.2, -0.15) is 0 Å². The Morgan fingerprint density at radius 1 is 1.50 bits per heavy atom. The third-order valence-corrected chi connectivity index (χ3v) is 3.80. The van der Waals surface area contributed by atoms with Gasteiger partial charge in [-0.3, -0.25) is 4.90 Å². The number of piperidine rings is 1. The molecule has 1 heterocycles. The van der Waals surface area contributed by atoms with Crippen molar-refractivity contribution in [2.75, 3.05) is 13.1 Å². The molecule has 3 nitrogen and oxygen atoms in total. The molecule has 0 aromatic heterocycles. The van der Waals surface area contributed by atoms with Gasteiger partial charge in [0.25, 0.3) is 0 Å². The molecule has 0 bridgehead atoms. The van der Waals surface area contributed by atoms with E-state index in [0.29, 0.717) is 12.6 Å². The molecule has 2 rings (SSSR count). The van der Waals surface area contributed by atoms with Crippen LogP contribution in [-0.2, 0) is 0 Å². The number of hydrogen-bond acceptors (Lipinski definition) is 3. The number of hydrogen-bond donors (Lipinski definition) is 2. The van der Waals surface area contributed by atoms with Crippen LogP contribution in [0.4, 0.5) is 0 Å². The van der Waals surface area contributed by atoms with E-state index < -0.39 is 5.60 Å². The Morgan fingerprint density at radius 3 is 2.71 bits per heavy atom. The van der Waals surface area contributed by atoms with Gasteiger partial charge in [-0.15, -0.1) is 0 Å². The molecule has 0 aromatic rings. The van der Waals surface area contributed by atoms with E-state index in [1.165, 1.54) is 12.8 Å². The average molecular weight is 198 g/mol. The van der Waals surface area contributed by atoms with Crippen molar-refractivity contribution in [2.45, 2.75) is 56.7 Å². The maximum absolute atomic E-state index is 10.4. The predicted molar refractivity (Wildman–Crippen MR) is 57.0 cm³/mol. The quantitative estimate of drug-likeness (QED) is 0.702. The van der Waals surface area contributed by atoms with Crippen LogP contribution < -0.4 is 5.73 Å². The van der Waals surface area contributed by atoms with Crippen LogP contribution in [0.15, 0.2) is 0 Å². The summed E-state index contributed by atoms with van der Waals surface area (Å²) >= 11 is 0. The van der Waals surface area contributed by atoms with E-state index in [0.717, 1.165) is 31.8 Å². The standard InChI is InChI=1S/C11H22N2O/c1-2-10-11(14,8-12)6-3-7-13(10)9-4-5-9/h9-10,14H,2-8,12H2,1H3. The molecule has 2 unspecified atom stereocenters. The lowest BCUT2D eigenvalue weighted by atomic mass is 9.83. The Balaban J connectivity index is 2.10. The van der Waals surface area contributed by atoms with E-state index in [1.54, 1.807) is 0 Å². The van der Waals surface area contributed by atoms with Crippen molar-refractivity contribution in [1.29, 1.82) is 0 Å². The van der Waals surface area contributed by atoms with E-state index in [4.69, 9.17) is 5.73 Å². The first-order valence-electron chi connectivity index (χ1n) is 5.89. The number of rotatable bonds is 3. The summed E-state index contributed by atoms with van der Waals surface area (Å²) in [4.78, 5) is 2.50. The molecule has 0 radical (unpaired) electrons. The topological polar surface area (TPSA) is 49.5 Å². The van der Waals surface area contributed by atoms with Crippen molar-refractivity contribution in [3.63, 3.8) is 0 Å². The van der Waals surface area contributed by atoms with Crippen LogP contribution in [0, 0.1) is 0 Å². The summed E-state index contributed by atoms with van der Waals surface area (Å²) in [6, 6.07) is 1.05. The van der Waals surface area contributed by atoms with Crippen molar-refractivity contribution in [1.82, 2.24) is 4.90 Å². The predicted octanol–water partition coefficient (Wildman–Crippen LogP) is 0.713. The molecule has 0 amide bonds. The Kier molecular flexibility index (Phi) is 2.82. The highest BCUT2D eigenvalue weighted by molar-refractivity contribution is 5.01. The molecule has 1 saturated heterocycles. The smallest absolute Gasteiger partial charge is 0.0924 e. The van der Waals surface area contributed by atoms with Gasteiger partial charge in [0, 0.05) is 18.6 Å². The lowest BCUT2D eigenvalue weighted by Gasteiger charge is -2.46. The second kappa shape index (κ2) is 3.80. The summed E-state index contributed by atoms with van der Waals surface area (Å²) in [6.07, 6.45) is 5.63. The van der Waals surface area contributed by atoms with Gasteiger partial charge in [-0.05, 0) is 38.6 Å². The monoisotopic (exact) mass is 198 g/mol. The zero-order chi connectivity index (χ0) is 10.2. The Bertz CT molecular complexity index is 205. The molecule has 2 aliphatic rings. The Hall–Kier alpha value is -0.120. The first-order chi connectivity index (χ1) is 6.71. The zero-order valence-corrected chi connectivity index (χ0v) is 9.08. The summed E-state index contributed by atoms with van der Waals surface area (Å²) in [5.74, 6) is 0. The van der Waals surface area contributed by atoms with Gasteiger partial charge in [-0.1, -0.05) is 6.92 Å². The molecule has 1 saturated carbocycles. The molecule has 3 heteroatoms. The van der Waals surface area contributed by atoms with Gasteiger partial charge >= 0.3 is 0 Å². The number of likely N-dealkylation sites (tertiary alicyclic amines) is 1. The molecule has 2 fully saturated rings. The molecule has 2 atom stereocenters. The minimum atomic E-state index is -0.615. The summed E-state index contributed by atoms with van der Waals surface area (Å²) in [5.41, 5.74) is 5.09. The third kappa shape index (κ3) is 1.69. The van der Waals surface area contributed by atoms with Gasteiger partial charge in [-0.25, -0.2) is 0 Å². The van der Waals surface area contributed by atoms with Crippen LogP contribution in [-0.4, -0.2) is 40.8 Å². The third-order valence-electron chi connectivity index (χ3n) is 3.80. The number of nitrogens with two attached hydrogens (primary N) is 1. The van der Waals surface area contributed by atoms with Crippen molar-refractivity contribution >= 4 is 0 Å². The van der Waals surface area contributed by atoms with Crippen LogP contribution >= 0.6 is 0 Å². The normalized spacial score (nSPS) is 40.1. The van der Waals surface area contributed by atoms with Crippen LogP contribution in [0.3, 0.4) is 0 Å². The Labute approximate surface area is 86.3 Å². The lowest BCUT2D eigenvalue weighted by molar-refractivity contribution is -0.0784. The van der Waals surface area contributed by atoms with E-state index in [1.807, 2.05) is 0 Å². The van der Waals surface area contributed by atoms with Crippen LogP contribution in [0.1, 0.15) is 39.0 Å². The maximum atomic E-state index is 10.4. The summed E-state index contributed by atoms with van der Waals surface area (Å²) in [6.45, 7) is 3.73. The van der Waals surface area contributed by atoms with E-state index >= 15 is 0 Å². The molecule has 1 aliphatic carbocycles. The fraction of sp³-hybridized carbons (Fsp3) is 1.00. The van der Waals surface area contributed by atoms with Crippen LogP contribution in [0.2, 0.25) is 0 Å². The van der Waals surface area contributed by atoms with Crippen molar-refractivity contribution in [3.05, 3.63) is 0 Å². The van der Waals surface area contributed by atoms with Crippen LogP contribution in [0.25, 0.3) is 0 Å². The fourth-order valence-corrected chi connectivity index (χ4v) is 2.89. The number of aliphatic hydroxyl groups is 1. The largest absolute Gasteiger partial charge is 0.387 e. The van der Waals surface area contributed by atoms with E-state index in [2.05, 4.69) is 11.8 Å². The molecule has 1 aliphatic heterocycles. The number of nitrogens with zero attached hydrogens (tertiary/aromatic N) is 1. The molecule has 82 valence electrons. The van der Waals surface area contributed by atoms with Gasteiger partial charge in [0.2, 0.25) is 0 Å². The second-order valence-electron chi connectivity index (χ2n) is 4.80. The van der Waals surface area contributed by atoms with Crippen LogP contribution in [0.5, 0.6) is 0 Å². The molecular weight excluding hydrogens is 176 g/mol. The summed E-state index contributed by atoms with van der Waals surface area (Å²) < 4.78 is 0. The SMILES string of the molecule is CCC1N(C2CC2)CCCC1(O)CN. The van der Waals surface area contributed by atoms with Crippen molar-refractivity contribution < 1.29 is 5.11 Å². The Morgan fingerprint density at radius 2 is 2.21 bits per heavy atom. The molecule has 14 heavy (non-hydrogen) atoms. The van der Waals surface area contributed by atoms with E-state index in [9.17, 15) is 5.11 Å². The average Bonchev–Trinajstić information content (AvgIpc) is 3.00. The van der Waals surface area contributed by atoms with Crippen molar-refractivity contribution in [2.24, 2.45) is 5.73 Å². The molecular formula is C11H22N2O. The highest BCUT2D eigenvalue weighted by atomic mass is 16.3.